The Balaban J connectivity index is 2.02. The third kappa shape index (κ3) is 2.68. The highest BCUT2D eigenvalue weighted by Crippen LogP contribution is 2.34. The lowest BCUT2D eigenvalue weighted by molar-refractivity contribution is 0.150. The van der Waals surface area contributed by atoms with Gasteiger partial charge >= 0.3 is 0 Å². The average Bonchev–Trinajstić information content (AvgIpc) is 2.98. The second-order valence-electron chi connectivity index (χ2n) is 6.37. The molecule has 2 unspecified atom stereocenters. The van der Waals surface area contributed by atoms with Crippen LogP contribution in [0.3, 0.4) is 0 Å². The lowest BCUT2D eigenvalue weighted by Crippen LogP contribution is -2.40. The van der Waals surface area contributed by atoms with E-state index in [0.717, 1.165) is 12.1 Å². The number of benzene rings is 1. The maximum absolute atomic E-state index is 6.17. The third-order valence-corrected chi connectivity index (χ3v) is 4.76. The highest BCUT2D eigenvalue weighted by atomic mass is 15.2. The molecule has 2 atom stereocenters. The first-order valence-corrected chi connectivity index (χ1v) is 8.02. The van der Waals surface area contributed by atoms with E-state index >= 15 is 0 Å². The smallest absolute Gasteiger partial charge is 0.0750 e. The van der Waals surface area contributed by atoms with Gasteiger partial charge in [-0.15, -0.1) is 0 Å². The minimum atomic E-state index is 0.276. The molecule has 1 fully saturated rings. The van der Waals surface area contributed by atoms with Crippen LogP contribution in [0.5, 0.6) is 0 Å². The van der Waals surface area contributed by atoms with Gasteiger partial charge in [-0.2, -0.15) is 0 Å². The van der Waals surface area contributed by atoms with Gasteiger partial charge in [-0.05, 0) is 36.9 Å². The van der Waals surface area contributed by atoms with E-state index in [1.165, 1.54) is 23.8 Å². The number of rotatable bonds is 4. The second-order valence-corrected chi connectivity index (χ2v) is 6.37. The second kappa shape index (κ2) is 6.12. The molecule has 2 heterocycles. The SMILES string of the molecule is CC(C)C1CCCN1C(CN)c1cccc2cccnc12. The Hall–Kier alpha value is -1.45. The first-order chi connectivity index (χ1) is 10.2. The number of hydrogen-bond donors (Lipinski definition) is 1. The fraction of sp³-hybridized carbons (Fsp3) is 0.500. The number of likely N-dealkylation sites (tertiary alicyclic amines) is 1. The van der Waals surface area contributed by atoms with Crippen molar-refractivity contribution < 1.29 is 0 Å². The standard InChI is InChI=1S/C18H25N3/c1-13(2)16-9-5-11-21(16)17(12-19)15-8-3-6-14-7-4-10-20-18(14)15/h3-4,6-8,10,13,16-17H,5,9,11-12,19H2,1-2H3. The van der Waals surface area contributed by atoms with Crippen molar-refractivity contribution >= 4 is 10.9 Å². The monoisotopic (exact) mass is 283 g/mol. The van der Waals surface area contributed by atoms with Crippen molar-refractivity contribution in [1.29, 1.82) is 0 Å². The molecule has 0 amide bonds. The predicted molar refractivity (Wildman–Crippen MR) is 88.1 cm³/mol. The maximum atomic E-state index is 6.17. The van der Waals surface area contributed by atoms with Gasteiger partial charge in [-0.25, -0.2) is 0 Å². The zero-order valence-electron chi connectivity index (χ0n) is 13.0. The predicted octanol–water partition coefficient (Wildman–Crippen LogP) is 3.36. The van der Waals surface area contributed by atoms with Crippen molar-refractivity contribution in [2.24, 2.45) is 11.7 Å². The largest absolute Gasteiger partial charge is 0.329 e. The van der Waals surface area contributed by atoms with Crippen molar-refractivity contribution in [3.8, 4) is 0 Å². The molecule has 2 aromatic rings. The molecule has 1 aromatic carbocycles. The van der Waals surface area contributed by atoms with Crippen molar-refractivity contribution in [3.63, 3.8) is 0 Å². The van der Waals surface area contributed by atoms with Crippen molar-refractivity contribution in [1.82, 2.24) is 9.88 Å². The zero-order chi connectivity index (χ0) is 14.8. The summed E-state index contributed by atoms with van der Waals surface area (Å²) in [5.41, 5.74) is 8.55. The van der Waals surface area contributed by atoms with E-state index in [1.54, 1.807) is 0 Å². The van der Waals surface area contributed by atoms with Crippen LogP contribution in [0.4, 0.5) is 0 Å². The van der Waals surface area contributed by atoms with Crippen LogP contribution in [0.2, 0.25) is 0 Å². The average molecular weight is 283 g/mol. The van der Waals surface area contributed by atoms with Crippen molar-refractivity contribution in [3.05, 3.63) is 42.1 Å². The Labute approximate surface area is 127 Å². The molecule has 1 aliphatic rings. The number of fused-ring (bicyclic) bond motifs is 1. The minimum Gasteiger partial charge on any atom is -0.329 e. The molecule has 2 N–H and O–H groups in total. The zero-order valence-corrected chi connectivity index (χ0v) is 13.0. The van der Waals surface area contributed by atoms with Crippen LogP contribution in [0.25, 0.3) is 10.9 Å². The molecule has 0 spiro atoms. The van der Waals surface area contributed by atoms with E-state index in [2.05, 4.69) is 48.0 Å². The Kier molecular flexibility index (Phi) is 4.22. The lowest BCUT2D eigenvalue weighted by atomic mass is 9.97. The van der Waals surface area contributed by atoms with Gasteiger partial charge in [0.2, 0.25) is 0 Å². The van der Waals surface area contributed by atoms with E-state index in [1.807, 2.05) is 12.3 Å². The summed E-state index contributed by atoms with van der Waals surface area (Å²) in [5.74, 6) is 0.671. The first-order valence-electron chi connectivity index (χ1n) is 8.02. The normalized spacial score (nSPS) is 21.2. The molecule has 0 saturated carbocycles. The molecule has 3 heteroatoms. The van der Waals surface area contributed by atoms with Crippen LogP contribution >= 0.6 is 0 Å². The van der Waals surface area contributed by atoms with Crippen LogP contribution in [-0.2, 0) is 0 Å². The molecular weight excluding hydrogens is 258 g/mol. The van der Waals surface area contributed by atoms with E-state index in [-0.39, 0.29) is 6.04 Å². The molecule has 3 rings (SSSR count). The van der Waals surface area contributed by atoms with E-state index < -0.39 is 0 Å². The van der Waals surface area contributed by atoms with Gasteiger partial charge in [-0.1, -0.05) is 38.1 Å². The number of pyridine rings is 1. The Morgan fingerprint density at radius 2 is 2.10 bits per heavy atom. The molecule has 1 saturated heterocycles. The van der Waals surface area contributed by atoms with Gasteiger partial charge in [0.05, 0.1) is 5.52 Å². The summed E-state index contributed by atoms with van der Waals surface area (Å²) in [6.07, 6.45) is 4.44. The topological polar surface area (TPSA) is 42.1 Å². The highest BCUT2D eigenvalue weighted by molar-refractivity contribution is 5.82. The van der Waals surface area contributed by atoms with Gasteiger partial charge in [0.25, 0.3) is 0 Å². The van der Waals surface area contributed by atoms with E-state index in [4.69, 9.17) is 5.73 Å². The molecule has 1 aromatic heterocycles. The number of aromatic nitrogens is 1. The number of para-hydroxylation sites is 1. The van der Waals surface area contributed by atoms with Crippen molar-refractivity contribution in [2.75, 3.05) is 13.1 Å². The summed E-state index contributed by atoms with van der Waals surface area (Å²) in [6.45, 7) is 6.43. The molecule has 0 radical (unpaired) electrons. The van der Waals surface area contributed by atoms with Gasteiger partial charge in [0.15, 0.2) is 0 Å². The number of hydrogen-bond acceptors (Lipinski definition) is 3. The number of nitrogens with zero attached hydrogens (tertiary/aromatic N) is 2. The lowest BCUT2D eigenvalue weighted by Gasteiger charge is -2.35. The molecule has 112 valence electrons. The number of nitrogens with two attached hydrogens (primary N) is 1. The van der Waals surface area contributed by atoms with Gasteiger partial charge in [0, 0.05) is 30.2 Å². The highest BCUT2D eigenvalue weighted by Gasteiger charge is 2.33. The summed E-state index contributed by atoms with van der Waals surface area (Å²) >= 11 is 0. The third-order valence-electron chi connectivity index (χ3n) is 4.76. The minimum absolute atomic E-state index is 0.276. The summed E-state index contributed by atoms with van der Waals surface area (Å²) < 4.78 is 0. The molecule has 0 bridgehead atoms. The Bertz CT molecular complexity index is 603. The fourth-order valence-corrected chi connectivity index (χ4v) is 3.76. The Morgan fingerprint density at radius 1 is 1.29 bits per heavy atom. The summed E-state index contributed by atoms with van der Waals surface area (Å²) in [6, 6.07) is 11.5. The fourth-order valence-electron chi connectivity index (χ4n) is 3.76. The quantitative estimate of drug-likeness (QED) is 0.935. The molecule has 1 aliphatic heterocycles. The summed E-state index contributed by atoms with van der Waals surface area (Å²) in [5, 5.41) is 1.20. The van der Waals surface area contributed by atoms with Gasteiger partial charge in [0.1, 0.15) is 0 Å². The van der Waals surface area contributed by atoms with E-state index in [9.17, 15) is 0 Å². The van der Waals surface area contributed by atoms with E-state index in [0.29, 0.717) is 18.5 Å². The van der Waals surface area contributed by atoms with Gasteiger partial charge < -0.3 is 5.73 Å². The molecule has 21 heavy (non-hydrogen) atoms. The molecule has 0 aliphatic carbocycles. The van der Waals surface area contributed by atoms with Crippen LogP contribution < -0.4 is 5.73 Å². The van der Waals surface area contributed by atoms with Crippen LogP contribution in [-0.4, -0.2) is 29.0 Å². The molecular formula is C18H25N3. The molecule has 3 nitrogen and oxygen atoms in total. The first kappa shape index (κ1) is 14.5. The summed E-state index contributed by atoms with van der Waals surface area (Å²) in [7, 11) is 0. The van der Waals surface area contributed by atoms with Crippen molar-refractivity contribution in [2.45, 2.75) is 38.8 Å². The van der Waals surface area contributed by atoms with Crippen LogP contribution in [0.1, 0.15) is 38.3 Å². The van der Waals surface area contributed by atoms with Crippen LogP contribution in [0, 0.1) is 5.92 Å². The maximum Gasteiger partial charge on any atom is 0.0750 e. The van der Waals surface area contributed by atoms with Crippen LogP contribution in [0.15, 0.2) is 36.5 Å². The Morgan fingerprint density at radius 3 is 2.86 bits per heavy atom. The van der Waals surface area contributed by atoms with Gasteiger partial charge in [-0.3, -0.25) is 9.88 Å². The summed E-state index contributed by atoms with van der Waals surface area (Å²) in [4.78, 5) is 7.21.